The molecule has 0 aromatic heterocycles. The van der Waals surface area contributed by atoms with Gasteiger partial charge in [0.1, 0.15) is 0 Å². The van der Waals surface area contributed by atoms with Crippen molar-refractivity contribution in [1.29, 1.82) is 0 Å². The molecule has 4 rings (SSSR count). The van der Waals surface area contributed by atoms with E-state index in [1.54, 1.807) is 0 Å². The summed E-state index contributed by atoms with van der Waals surface area (Å²) in [6.45, 7) is 18.5. The number of amides is 2. The van der Waals surface area contributed by atoms with Crippen LogP contribution in [0.1, 0.15) is 75.4 Å². The molecule has 2 aromatic rings. The molecular weight excluding hydrogens is 512 g/mol. The molecule has 224 valence electrons. The Labute approximate surface area is 247 Å². The minimum atomic E-state index is -0.217. The molecule has 3 unspecified atom stereocenters. The first kappa shape index (κ1) is 31.0. The van der Waals surface area contributed by atoms with Crippen molar-refractivity contribution >= 4 is 17.5 Å². The molecule has 0 spiro atoms. The summed E-state index contributed by atoms with van der Waals surface area (Å²) < 4.78 is 5.66. The van der Waals surface area contributed by atoms with Crippen molar-refractivity contribution < 1.29 is 14.3 Å². The van der Waals surface area contributed by atoms with E-state index in [0.29, 0.717) is 18.2 Å². The van der Waals surface area contributed by atoms with Crippen LogP contribution >= 0.6 is 0 Å². The van der Waals surface area contributed by atoms with E-state index < -0.39 is 0 Å². The van der Waals surface area contributed by atoms with Gasteiger partial charge in [-0.1, -0.05) is 45.0 Å². The van der Waals surface area contributed by atoms with E-state index in [9.17, 15) is 9.59 Å². The molecule has 2 aromatic carbocycles. The lowest BCUT2D eigenvalue weighted by Crippen LogP contribution is -2.50. The molecule has 0 radical (unpaired) electrons. The molecule has 2 aliphatic heterocycles. The molecule has 41 heavy (non-hydrogen) atoms. The number of ether oxygens (including phenoxy) is 1. The summed E-state index contributed by atoms with van der Waals surface area (Å²) in [6, 6.07) is 13.6. The summed E-state index contributed by atoms with van der Waals surface area (Å²) in [6.07, 6.45) is 2.88. The standard InChI is InChI=1S/C34H50N4O3/c1-7-37(8-2)22-26-10-12-27(13-11-26)28-19-30(33(39)35-21-31-23(4)18-24(5)36-34(31)40)25(6)32(20-28)38(9-3)29-14-16-41-17-15-29/h10-13,19-20,23-24,29,31H,7-9,14-18,21-22H2,1-6H3,(H,35,39)(H,36,40). The van der Waals surface area contributed by atoms with Gasteiger partial charge in [-0.2, -0.15) is 0 Å². The molecule has 7 heteroatoms. The van der Waals surface area contributed by atoms with E-state index >= 15 is 0 Å². The summed E-state index contributed by atoms with van der Waals surface area (Å²) >= 11 is 0. The first-order chi connectivity index (χ1) is 19.7. The second-order valence-electron chi connectivity index (χ2n) is 11.9. The Hall–Kier alpha value is -2.90. The highest BCUT2D eigenvalue weighted by molar-refractivity contribution is 5.99. The fraction of sp³-hybridized carbons (Fsp3) is 0.588. The Balaban J connectivity index is 1.66. The summed E-state index contributed by atoms with van der Waals surface area (Å²) in [4.78, 5) is 31.3. The minimum Gasteiger partial charge on any atom is -0.381 e. The fourth-order valence-corrected chi connectivity index (χ4v) is 6.51. The van der Waals surface area contributed by atoms with Crippen LogP contribution in [-0.2, 0) is 16.1 Å². The van der Waals surface area contributed by atoms with Crippen LogP contribution in [0.15, 0.2) is 36.4 Å². The molecule has 7 nitrogen and oxygen atoms in total. The van der Waals surface area contributed by atoms with Gasteiger partial charge in [0.15, 0.2) is 0 Å². The first-order valence-corrected chi connectivity index (χ1v) is 15.6. The number of carbonyl (C=O) groups excluding carboxylic acids is 2. The second-order valence-corrected chi connectivity index (χ2v) is 11.9. The number of hydrogen-bond donors (Lipinski definition) is 2. The summed E-state index contributed by atoms with van der Waals surface area (Å²) in [5, 5.41) is 6.17. The van der Waals surface area contributed by atoms with E-state index in [1.165, 1.54) is 5.56 Å². The van der Waals surface area contributed by atoms with E-state index in [4.69, 9.17) is 4.74 Å². The van der Waals surface area contributed by atoms with Gasteiger partial charge in [-0.15, -0.1) is 0 Å². The van der Waals surface area contributed by atoms with E-state index in [1.807, 2.05) is 13.0 Å². The molecule has 2 saturated heterocycles. The lowest BCUT2D eigenvalue weighted by Gasteiger charge is -2.37. The van der Waals surface area contributed by atoms with Crippen LogP contribution in [0.25, 0.3) is 11.1 Å². The zero-order valence-corrected chi connectivity index (χ0v) is 26.0. The molecular formula is C34H50N4O3. The number of nitrogens with one attached hydrogen (secondary N) is 2. The highest BCUT2D eigenvalue weighted by Gasteiger charge is 2.32. The highest BCUT2D eigenvalue weighted by atomic mass is 16.5. The number of rotatable bonds is 11. The number of nitrogens with zero attached hydrogens (tertiary/aromatic N) is 2. The van der Waals surface area contributed by atoms with Gasteiger partial charge in [0, 0.05) is 56.2 Å². The molecule has 0 bridgehead atoms. The quantitative estimate of drug-likeness (QED) is 0.384. The first-order valence-electron chi connectivity index (χ1n) is 15.6. The van der Waals surface area contributed by atoms with Crippen LogP contribution in [0.3, 0.4) is 0 Å². The normalized spacial score (nSPS) is 21.5. The monoisotopic (exact) mass is 562 g/mol. The number of piperidine rings is 1. The van der Waals surface area contributed by atoms with E-state index in [2.05, 4.69) is 85.4 Å². The van der Waals surface area contributed by atoms with Gasteiger partial charge in [0.25, 0.3) is 5.91 Å². The molecule has 2 aliphatic rings. The molecule has 2 heterocycles. The Morgan fingerprint density at radius 3 is 2.29 bits per heavy atom. The van der Waals surface area contributed by atoms with Crippen LogP contribution in [0, 0.1) is 18.8 Å². The third kappa shape index (κ3) is 7.49. The SMILES string of the molecule is CCN(CC)Cc1ccc(-c2cc(C(=O)NCC3C(=O)NC(C)CC3C)c(C)c(N(CC)C3CCOCC3)c2)cc1. The molecule has 2 fully saturated rings. The third-order valence-electron chi connectivity index (χ3n) is 9.11. The van der Waals surface area contributed by atoms with Crippen molar-refractivity contribution in [2.24, 2.45) is 11.8 Å². The van der Waals surface area contributed by atoms with Gasteiger partial charge < -0.3 is 20.3 Å². The van der Waals surface area contributed by atoms with Crippen LogP contribution in [0.2, 0.25) is 0 Å². The topological polar surface area (TPSA) is 73.9 Å². The van der Waals surface area contributed by atoms with Crippen LogP contribution in [-0.4, -0.2) is 68.2 Å². The summed E-state index contributed by atoms with van der Waals surface area (Å²) in [7, 11) is 0. The predicted octanol–water partition coefficient (Wildman–Crippen LogP) is 5.40. The highest BCUT2D eigenvalue weighted by Crippen LogP contribution is 2.34. The average molecular weight is 563 g/mol. The van der Waals surface area contributed by atoms with Crippen molar-refractivity contribution in [3.05, 3.63) is 53.1 Å². The minimum absolute atomic E-state index is 0.0317. The Morgan fingerprint density at radius 2 is 1.68 bits per heavy atom. The lowest BCUT2D eigenvalue weighted by molar-refractivity contribution is -0.129. The molecule has 2 N–H and O–H groups in total. The van der Waals surface area contributed by atoms with E-state index in [0.717, 1.165) is 81.0 Å². The van der Waals surface area contributed by atoms with Crippen molar-refractivity contribution in [3.8, 4) is 11.1 Å². The van der Waals surface area contributed by atoms with Gasteiger partial charge >= 0.3 is 0 Å². The third-order valence-corrected chi connectivity index (χ3v) is 9.11. The van der Waals surface area contributed by atoms with Gasteiger partial charge in [0.05, 0.1) is 5.92 Å². The number of hydrogen-bond acceptors (Lipinski definition) is 5. The molecule has 0 aliphatic carbocycles. The number of carbonyl (C=O) groups is 2. The van der Waals surface area contributed by atoms with Crippen LogP contribution < -0.4 is 15.5 Å². The van der Waals surface area contributed by atoms with E-state index in [-0.39, 0.29) is 29.7 Å². The number of benzene rings is 2. The van der Waals surface area contributed by atoms with Crippen LogP contribution in [0.4, 0.5) is 5.69 Å². The fourth-order valence-electron chi connectivity index (χ4n) is 6.51. The average Bonchev–Trinajstić information content (AvgIpc) is 2.97. The Morgan fingerprint density at radius 1 is 1.00 bits per heavy atom. The second kappa shape index (κ2) is 14.3. The Kier molecular flexibility index (Phi) is 10.8. The molecule has 2 amide bonds. The zero-order valence-electron chi connectivity index (χ0n) is 26.0. The number of anilines is 1. The van der Waals surface area contributed by atoms with Gasteiger partial charge in [-0.05, 0) is 93.4 Å². The lowest BCUT2D eigenvalue weighted by atomic mass is 9.84. The molecule has 0 saturated carbocycles. The molecule has 3 atom stereocenters. The zero-order chi connectivity index (χ0) is 29.5. The van der Waals surface area contributed by atoms with Gasteiger partial charge in [-0.25, -0.2) is 0 Å². The summed E-state index contributed by atoms with van der Waals surface area (Å²) in [5.41, 5.74) is 6.18. The van der Waals surface area contributed by atoms with Gasteiger partial charge in [-0.3, -0.25) is 14.5 Å². The maximum Gasteiger partial charge on any atom is 0.251 e. The maximum atomic E-state index is 13.8. The van der Waals surface area contributed by atoms with Gasteiger partial charge in [0.2, 0.25) is 5.91 Å². The predicted molar refractivity (Wildman–Crippen MR) is 167 cm³/mol. The van der Waals surface area contributed by atoms with Crippen molar-refractivity contribution in [1.82, 2.24) is 15.5 Å². The van der Waals surface area contributed by atoms with Crippen LogP contribution in [0.5, 0.6) is 0 Å². The van der Waals surface area contributed by atoms with Crippen molar-refractivity contribution in [3.63, 3.8) is 0 Å². The smallest absolute Gasteiger partial charge is 0.251 e. The van der Waals surface area contributed by atoms with Crippen molar-refractivity contribution in [2.75, 3.05) is 44.3 Å². The Bertz CT molecular complexity index is 1170. The largest absolute Gasteiger partial charge is 0.381 e. The van der Waals surface area contributed by atoms with Crippen molar-refractivity contribution in [2.45, 2.75) is 79.4 Å². The summed E-state index contributed by atoms with van der Waals surface area (Å²) in [5.74, 6) is -0.0820. The maximum absolute atomic E-state index is 13.8.